The molecule has 2 heterocycles. The van der Waals surface area contributed by atoms with Gasteiger partial charge in [0, 0.05) is 16.7 Å². The number of rotatable bonds is 10. The van der Waals surface area contributed by atoms with Crippen molar-refractivity contribution >= 4 is 57.3 Å². The van der Waals surface area contributed by atoms with Gasteiger partial charge in [0.25, 0.3) is 0 Å². The van der Waals surface area contributed by atoms with Gasteiger partial charge in [-0.25, -0.2) is 9.97 Å². The minimum atomic E-state index is -1.06. The van der Waals surface area contributed by atoms with Crippen LogP contribution in [0.2, 0.25) is 0 Å². The average molecular weight is 593 g/mol. The van der Waals surface area contributed by atoms with Crippen molar-refractivity contribution in [1.29, 1.82) is 0 Å². The van der Waals surface area contributed by atoms with Gasteiger partial charge in [-0.3, -0.25) is 4.79 Å². The van der Waals surface area contributed by atoms with Crippen LogP contribution in [0.1, 0.15) is 42.3 Å². The topological polar surface area (TPSA) is 81.5 Å². The summed E-state index contributed by atoms with van der Waals surface area (Å²) in [5.74, 6) is 0.119. The number of carboxylic acid groups (broad SMARTS) is 1. The number of fused-ring (bicyclic) bond motifs is 2. The van der Waals surface area contributed by atoms with Gasteiger partial charge in [0.2, 0.25) is 0 Å². The fraction of sp³-hybridized carbons (Fsp3) is 0.162. The standard InChI is InChI=1S/C37H32N2O4.Na.H/c1-37(2,36(40)41)35(27-13-19-31(20-14-27)42-23-29-17-11-25-7-3-5-9-33(25)38-29)28-15-21-32(22-16-28)43-24-30-18-12-26-8-4-6-10-34(26)39-30;;/h3-22,35H,23-24H2,1-2H3,(H,40,41);;. The zero-order valence-corrected chi connectivity index (χ0v) is 24.1. The van der Waals surface area contributed by atoms with Crippen LogP contribution >= 0.6 is 0 Å². The van der Waals surface area contributed by atoms with E-state index in [0.29, 0.717) is 24.7 Å². The second-order valence-electron chi connectivity index (χ2n) is 11.2. The van der Waals surface area contributed by atoms with E-state index in [-0.39, 0.29) is 29.6 Å². The van der Waals surface area contributed by atoms with E-state index in [1.165, 1.54) is 0 Å². The van der Waals surface area contributed by atoms with Crippen molar-refractivity contribution in [2.75, 3.05) is 0 Å². The van der Waals surface area contributed by atoms with Crippen LogP contribution in [0.15, 0.2) is 121 Å². The van der Waals surface area contributed by atoms with Gasteiger partial charge in [-0.15, -0.1) is 0 Å². The Morgan fingerprint density at radius 1 is 0.636 bits per heavy atom. The molecule has 0 atom stereocenters. The van der Waals surface area contributed by atoms with Crippen molar-refractivity contribution in [3.63, 3.8) is 0 Å². The minimum absolute atomic E-state index is 0. The molecule has 6 aromatic rings. The van der Waals surface area contributed by atoms with Crippen LogP contribution in [-0.2, 0) is 18.0 Å². The fourth-order valence-corrected chi connectivity index (χ4v) is 5.35. The number of ether oxygens (including phenoxy) is 2. The number of benzene rings is 4. The predicted octanol–water partition coefficient (Wildman–Crippen LogP) is 7.54. The first kappa shape index (κ1) is 31.2. The molecule has 6 nitrogen and oxygen atoms in total. The zero-order chi connectivity index (χ0) is 29.8. The number of carboxylic acids is 1. The van der Waals surface area contributed by atoms with Gasteiger partial charge in [-0.05, 0) is 73.5 Å². The van der Waals surface area contributed by atoms with Crippen LogP contribution in [0, 0.1) is 5.41 Å². The molecule has 0 saturated carbocycles. The van der Waals surface area contributed by atoms with Crippen LogP contribution in [0.4, 0.5) is 0 Å². The summed E-state index contributed by atoms with van der Waals surface area (Å²) >= 11 is 0. The van der Waals surface area contributed by atoms with E-state index >= 15 is 0 Å². The molecule has 0 aliphatic heterocycles. The number of aromatic nitrogens is 2. The van der Waals surface area contributed by atoms with E-state index in [1.54, 1.807) is 13.8 Å². The van der Waals surface area contributed by atoms with E-state index < -0.39 is 17.3 Å². The van der Waals surface area contributed by atoms with Gasteiger partial charge in [0.15, 0.2) is 0 Å². The number of aliphatic carboxylic acids is 1. The maximum atomic E-state index is 12.4. The molecule has 7 heteroatoms. The van der Waals surface area contributed by atoms with Crippen LogP contribution < -0.4 is 9.47 Å². The van der Waals surface area contributed by atoms with Crippen molar-refractivity contribution in [3.05, 3.63) is 144 Å². The molecular weight excluding hydrogens is 559 g/mol. The Morgan fingerprint density at radius 3 is 1.45 bits per heavy atom. The maximum absolute atomic E-state index is 12.4. The summed E-state index contributed by atoms with van der Waals surface area (Å²) in [6.45, 7) is 4.19. The molecular formula is C37H33N2NaO4. The molecule has 2 aromatic heterocycles. The van der Waals surface area contributed by atoms with E-state index in [1.807, 2.05) is 121 Å². The zero-order valence-electron chi connectivity index (χ0n) is 24.1. The normalized spacial score (nSPS) is 11.3. The molecule has 44 heavy (non-hydrogen) atoms. The fourth-order valence-electron chi connectivity index (χ4n) is 5.35. The predicted molar refractivity (Wildman–Crippen MR) is 175 cm³/mol. The Labute approximate surface area is 279 Å². The van der Waals surface area contributed by atoms with Crippen LogP contribution in [0.5, 0.6) is 11.5 Å². The monoisotopic (exact) mass is 592 g/mol. The van der Waals surface area contributed by atoms with Gasteiger partial charge in [-0.2, -0.15) is 0 Å². The summed E-state index contributed by atoms with van der Waals surface area (Å²) in [5, 5.41) is 12.3. The van der Waals surface area contributed by atoms with Gasteiger partial charge < -0.3 is 14.6 Å². The molecule has 0 aliphatic rings. The van der Waals surface area contributed by atoms with Crippen molar-refractivity contribution < 1.29 is 19.4 Å². The summed E-state index contributed by atoms with van der Waals surface area (Å²) < 4.78 is 12.0. The first-order valence-corrected chi connectivity index (χ1v) is 14.2. The van der Waals surface area contributed by atoms with Crippen molar-refractivity contribution in [3.8, 4) is 11.5 Å². The molecule has 0 amide bonds. The summed E-state index contributed by atoms with van der Waals surface area (Å²) in [7, 11) is 0. The summed E-state index contributed by atoms with van der Waals surface area (Å²) in [5.41, 5.74) is 4.25. The molecule has 0 unspecified atom stereocenters. The van der Waals surface area contributed by atoms with Crippen LogP contribution in [0.25, 0.3) is 21.8 Å². The number of para-hydroxylation sites is 2. The third kappa shape index (κ3) is 6.94. The molecule has 1 N–H and O–H groups in total. The first-order chi connectivity index (χ1) is 20.9. The molecule has 0 fully saturated rings. The van der Waals surface area contributed by atoms with Crippen molar-refractivity contribution in [2.45, 2.75) is 33.0 Å². The van der Waals surface area contributed by atoms with Gasteiger partial charge in [0.1, 0.15) is 24.7 Å². The van der Waals surface area contributed by atoms with Crippen LogP contribution in [-0.4, -0.2) is 50.6 Å². The number of nitrogens with zero attached hydrogens (tertiary/aromatic N) is 2. The van der Waals surface area contributed by atoms with Crippen molar-refractivity contribution in [1.82, 2.24) is 9.97 Å². The Bertz CT molecular complexity index is 1760. The molecule has 0 spiro atoms. The van der Waals surface area contributed by atoms with Gasteiger partial charge in [-0.1, -0.05) is 72.8 Å². The summed E-state index contributed by atoms with van der Waals surface area (Å²) in [6.07, 6.45) is 0. The quantitative estimate of drug-likeness (QED) is 0.166. The summed E-state index contributed by atoms with van der Waals surface area (Å²) in [6, 6.07) is 39.3. The average Bonchev–Trinajstić information content (AvgIpc) is 3.04. The van der Waals surface area contributed by atoms with E-state index in [9.17, 15) is 9.90 Å². The number of hydrogen-bond donors (Lipinski definition) is 1. The SMILES string of the molecule is CC(C)(C(=O)O)C(c1ccc(OCc2ccc3ccccc3n2)cc1)c1ccc(OCc2ccc3ccccc3n2)cc1.[NaH]. The van der Waals surface area contributed by atoms with Gasteiger partial charge >= 0.3 is 35.5 Å². The third-order valence-electron chi connectivity index (χ3n) is 7.79. The molecule has 4 aromatic carbocycles. The Hall–Kier alpha value is -4.23. The molecule has 0 saturated heterocycles. The van der Waals surface area contributed by atoms with Crippen molar-refractivity contribution in [2.24, 2.45) is 5.41 Å². The second kappa shape index (κ2) is 13.6. The van der Waals surface area contributed by atoms with E-state index in [0.717, 1.165) is 44.3 Å². The van der Waals surface area contributed by atoms with Crippen LogP contribution in [0.3, 0.4) is 0 Å². The number of hydrogen-bond acceptors (Lipinski definition) is 5. The summed E-state index contributed by atoms with van der Waals surface area (Å²) in [4.78, 5) is 21.7. The Balaban J connectivity index is 0.00000384. The number of carbonyl (C=O) groups is 1. The first-order valence-electron chi connectivity index (χ1n) is 14.2. The Kier molecular flexibility index (Phi) is 9.64. The molecule has 216 valence electrons. The third-order valence-corrected chi connectivity index (χ3v) is 7.79. The molecule has 0 bridgehead atoms. The Morgan fingerprint density at radius 2 is 1.05 bits per heavy atom. The molecule has 0 radical (unpaired) electrons. The molecule has 6 rings (SSSR count). The van der Waals surface area contributed by atoms with E-state index in [4.69, 9.17) is 9.47 Å². The molecule has 0 aliphatic carbocycles. The second-order valence-corrected chi connectivity index (χ2v) is 11.2. The van der Waals surface area contributed by atoms with E-state index in [2.05, 4.69) is 9.97 Å². The number of pyridine rings is 2. The van der Waals surface area contributed by atoms with Gasteiger partial charge in [0.05, 0.1) is 27.8 Å².